The number of carbonyl (C=O) groups is 2. The minimum atomic E-state index is -0.579. The highest BCUT2D eigenvalue weighted by Crippen LogP contribution is 2.13. The molecule has 0 N–H and O–H groups in total. The first-order valence-corrected chi connectivity index (χ1v) is 4.87. The minimum absolute atomic E-state index is 0.108. The van der Waals surface area contributed by atoms with Crippen LogP contribution >= 0.6 is 0 Å². The molecule has 0 amide bonds. The largest absolute Gasteiger partial charge is 0.299 e. The molecular formula is C13H14O2. The lowest BCUT2D eigenvalue weighted by Gasteiger charge is -2.09. The Balaban J connectivity index is 2.91. The summed E-state index contributed by atoms with van der Waals surface area (Å²) >= 11 is 0. The van der Waals surface area contributed by atoms with Crippen LogP contribution in [0.2, 0.25) is 0 Å². The van der Waals surface area contributed by atoms with Crippen LogP contribution in [-0.2, 0) is 4.79 Å². The van der Waals surface area contributed by atoms with Crippen molar-refractivity contribution in [2.24, 2.45) is 5.92 Å². The third-order valence-electron chi connectivity index (χ3n) is 2.27. The van der Waals surface area contributed by atoms with Crippen molar-refractivity contribution in [2.45, 2.75) is 13.3 Å². The van der Waals surface area contributed by atoms with Crippen molar-refractivity contribution in [3.8, 4) is 0 Å². The van der Waals surface area contributed by atoms with Gasteiger partial charge in [0.2, 0.25) is 0 Å². The molecule has 1 rings (SSSR count). The van der Waals surface area contributed by atoms with Gasteiger partial charge < -0.3 is 0 Å². The molecule has 0 spiro atoms. The molecule has 0 fully saturated rings. The molecule has 15 heavy (non-hydrogen) atoms. The maximum atomic E-state index is 11.9. The molecule has 1 aromatic rings. The summed E-state index contributed by atoms with van der Waals surface area (Å²) in [4.78, 5) is 23.2. The Kier molecular flexibility index (Phi) is 3.98. The number of ketones is 2. The van der Waals surface area contributed by atoms with E-state index in [9.17, 15) is 9.59 Å². The predicted octanol–water partition coefficient (Wildman–Crippen LogP) is 2.65. The van der Waals surface area contributed by atoms with Gasteiger partial charge in [0, 0.05) is 5.56 Å². The van der Waals surface area contributed by atoms with Gasteiger partial charge in [-0.1, -0.05) is 36.4 Å². The van der Waals surface area contributed by atoms with Crippen LogP contribution in [0.15, 0.2) is 43.0 Å². The monoisotopic (exact) mass is 202 g/mol. The highest BCUT2D eigenvalue weighted by Gasteiger charge is 2.22. The van der Waals surface area contributed by atoms with E-state index in [1.54, 1.807) is 30.3 Å². The Morgan fingerprint density at radius 3 is 2.40 bits per heavy atom. The molecule has 0 aliphatic rings. The average molecular weight is 202 g/mol. The fraction of sp³-hybridized carbons (Fsp3) is 0.231. The van der Waals surface area contributed by atoms with Gasteiger partial charge in [0.05, 0.1) is 5.92 Å². The molecule has 0 radical (unpaired) electrons. The Hall–Kier alpha value is -1.70. The minimum Gasteiger partial charge on any atom is -0.299 e. The molecule has 0 saturated carbocycles. The number of benzene rings is 1. The van der Waals surface area contributed by atoms with E-state index in [2.05, 4.69) is 6.58 Å². The van der Waals surface area contributed by atoms with Gasteiger partial charge in [-0.25, -0.2) is 0 Å². The third-order valence-corrected chi connectivity index (χ3v) is 2.27. The Morgan fingerprint density at radius 1 is 1.33 bits per heavy atom. The first-order valence-electron chi connectivity index (χ1n) is 4.87. The molecule has 0 aromatic heterocycles. The van der Waals surface area contributed by atoms with Gasteiger partial charge in [-0.2, -0.15) is 0 Å². The van der Waals surface area contributed by atoms with Crippen molar-refractivity contribution in [3.63, 3.8) is 0 Å². The molecule has 0 aliphatic heterocycles. The highest BCUT2D eigenvalue weighted by atomic mass is 16.1. The second-order valence-electron chi connectivity index (χ2n) is 3.42. The summed E-state index contributed by atoms with van der Waals surface area (Å²) in [5.74, 6) is -0.809. The number of carbonyl (C=O) groups excluding carboxylic acids is 2. The van der Waals surface area contributed by atoms with E-state index in [1.165, 1.54) is 6.92 Å². The fourth-order valence-corrected chi connectivity index (χ4v) is 1.43. The molecule has 1 unspecified atom stereocenters. The third kappa shape index (κ3) is 2.88. The topological polar surface area (TPSA) is 34.1 Å². The zero-order chi connectivity index (χ0) is 11.3. The lowest BCUT2D eigenvalue weighted by atomic mass is 9.91. The van der Waals surface area contributed by atoms with Crippen LogP contribution in [-0.4, -0.2) is 11.6 Å². The standard InChI is InChI=1S/C13H14O2/c1-3-7-12(10(2)14)13(15)11-8-5-4-6-9-11/h3-6,8-9,12H,1,7H2,2H3. The molecule has 0 bridgehead atoms. The molecular weight excluding hydrogens is 188 g/mol. The van der Waals surface area contributed by atoms with Crippen molar-refractivity contribution < 1.29 is 9.59 Å². The summed E-state index contributed by atoms with van der Waals surface area (Å²) in [6.07, 6.45) is 2.01. The van der Waals surface area contributed by atoms with Crippen LogP contribution < -0.4 is 0 Å². The van der Waals surface area contributed by atoms with E-state index < -0.39 is 5.92 Å². The lowest BCUT2D eigenvalue weighted by molar-refractivity contribution is -0.119. The second kappa shape index (κ2) is 5.25. The molecule has 1 aromatic carbocycles. The summed E-state index contributed by atoms with van der Waals surface area (Å²) in [7, 11) is 0. The van der Waals surface area contributed by atoms with Gasteiger partial charge in [-0.3, -0.25) is 9.59 Å². The summed E-state index contributed by atoms with van der Waals surface area (Å²) in [6.45, 7) is 4.99. The zero-order valence-corrected chi connectivity index (χ0v) is 8.77. The number of allylic oxidation sites excluding steroid dienone is 1. The fourth-order valence-electron chi connectivity index (χ4n) is 1.43. The second-order valence-corrected chi connectivity index (χ2v) is 3.42. The summed E-state index contributed by atoms with van der Waals surface area (Å²) in [5.41, 5.74) is 0.583. The van der Waals surface area contributed by atoms with E-state index in [1.807, 2.05) is 6.07 Å². The van der Waals surface area contributed by atoms with Crippen LogP contribution in [0.3, 0.4) is 0 Å². The molecule has 78 valence electrons. The normalized spacial score (nSPS) is 11.8. The smallest absolute Gasteiger partial charge is 0.173 e. The van der Waals surface area contributed by atoms with E-state index in [4.69, 9.17) is 0 Å². The van der Waals surface area contributed by atoms with Crippen LogP contribution in [0.5, 0.6) is 0 Å². The highest BCUT2D eigenvalue weighted by molar-refractivity contribution is 6.10. The van der Waals surface area contributed by atoms with Gasteiger partial charge >= 0.3 is 0 Å². The van der Waals surface area contributed by atoms with Crippen molar-refractivity contribution in [1.82, 2.24) is 0 Å². The molecule has 0 heterocycles. The molecule has 1 atom stereocenters. The van der Waals surface area contributed by atoms with Crippen molar-refractivity contribution >= 4 is 11.6 Å². The molecule has 0 aliphatic carbocycles. The molecule has 2 heteroatoms. The Labute approximate surface area is 89.6 Å². The van der Waals surface area contributed by atoms with Gasteiger partial charge in [-0.05, 0) is 13.3 Å². The zero-order valence-electron chi connectivity index (χ0n) is 8.77. The predicted molar refractivity (Wildman–Crippen MR) is 59.8 cm³/mol. The average Bonchev–Trinajstić information content (AvgIpc) is 2.26. The first kappa shape index (κ1) is 11.4. The molecule has 0 saturated heterocycles. The molecule has 2 nitrogen and oxygen atoms in total. The maximum Gasteiger partial charge on any atom is 0.173 e. The summed E-state index contributed by atoms with van der Waals surface area (Å²) < 4.78 is 0. The van der Waals surface area contributed by atoms with E-state index in [0.29, 0.717) is 12.0 Å². The van der Waals surface area contributed by atoms with Gasteiger partial charge in [0.25, 0.3) is 0 Å². The Bertz CT molecular complexity index is 365. The first-order chi connectivity index (χ1) is 7.16. The number of hydrogen-bond donors (Lipinski definition) is 0. The maximum absolute atomic E-state index is 11.9. The van der Waals surface area contributed by atoms with Crippen molar-refractivity contribution in [3.05, 3.63) is 48.6 Å². The summed E-state index contributed by atoms with van der Waals surface area (Å²) in [5, 5.41) is 0. The SMILES string of the molecule is C=CCC(C(C)=O)C(=O)c1ccccc1. The van der Waals surface area contributed by atoms with Gasteiger partial charge in [-0.15, -0.1) is 6.58 Å². The van der Waals surface area contributed by atoms with E-state index in [-0.39, 0.29) is 11.6 Å². The van der Waals surface area contributed by atoms with Crippen LogP contribution in [0.25, 0.3) is 0 Å². The summed E-state index contributed by atoms with van der Waals surface area (Å²) in [6, 6.07) is 8.87. The van der Waals surface area contributed by atoms with Crippen LogP contribution in [0.1, 0.15) is 23.7 Å². The van der Waals surface area contributed by atoms with E-state index >= 15 is 0 Å². The van der Waals surface area contributed by atoms with Crippen LogP contribution in [0, 0.1) is 5.92 Å². The van der Waals surface area contributed by atoms with Crippen molar-refractivity contribution in [1.29, 1.82) is 0 Å². The quantitative estimate of drug-likeness (QED) is 0.418. The van der Waals surface area contributed by atoms with Crippen LogP contribution in [0.4, 0.5) is 0 Å². The van der Waals surface area contributed by atoms with Crippen molar-refractivity contribution in [2.75, 3.05) is 0 Å². The number of hydrogen-bond acceptors (Lipinski definition) is 2. The lowest BCUT2D eigenvalue weighted by Crippen LogP contribution is -2.21. The van der Waals surface area contributed by atoms with Gasteiger partial charge in [0.1, 0.15) is 5.78 Å². The van der Waals surface area contributed by atoms with Gasteiger partial charge in [0.15, 0.2) is 5.78 Å². The number of rotatable bonds is 5. The number of Topliss-reactive ketones (excluding diaryl/α,β-unsaturated/α-hetero) is 2. The Morgan fingerprint density at radius 2 is 1.93 bits per heavy atom. The van der Waals surface area contributed by atoms with E-state index in [0.717, 1.165) is 0 Å².